The molecule has 0 spiro atoms. The Hall–Kier alpha value is -0.830. The smallest absolute Gasteiger partial charge is 0.244 e. The monoisotopic (exact) mass is 284 g/mol. The zero-order valence-corrected chi connectivity index (χ0v) is 14.0. The van der Waals surface area contributed by atoms with Gasteiger partial charge in [-0.05, 0) is 32.1 Å². The van der Waals surface area contributed by atoms with Crippen LogP contribution in [0.15, 0.2) is 11.1 Å². The van der Waals surface area contributed by atoms with Gasteiger partial charge in [0, 0.05) is 5.57 Å². The van der Waals surface area contributed by atoms with Gasteiger partial charge in [0.25, 0.3) is 0 Å². The predicted molar refractivity (Wildman–Crippen MR) is 89.1 cm³/mol. The second kappa shape index (κ2) is 14.6. The lowest BCUT2D eigenvalue weighted by Gasteiger charge is -2.12. The molecule has 5 N–H and O–H groups in total. The fourth-order valence-corrected chi connectivity index (χ4v) is 2.56. The van der Waals surface area contributed by atoms with Crippen LogP contribution >= 0.6 is 0 Å². The molecule has 0 heterocycles. The van der Waals surface area contributed by atoms with Crippen molar-refractivity contribution < 1.29 is 4.79 Å². The van der Waals surface area contributed by atoms with Crippen molar-refractivity contribution in [3.63, 3.8) is 0 Å². The van der Waals surface area contributed by atoms with Crippen LogP contribution < -0.4 is 11.9 Å². The van der Waals surface area contributed by atoms with Gasteiger partial charge in [-0.25, -0.2) is 0 Å². The van der Waals surface area contributed by atoms with Crippen LogP contribution in [0, 0.1) is 0 Å². The number of nitrogens with two attached hydrogens (primary N) is 1. The van der Waals surface area contributed by atoms with Gasteiger partial charge >= 0.3 is 0 Å². The molecule has 0 aliphatic carbocycles. The number of primary amides is 1. The average Bonchev–Trinajstić information content (AvgIpc) is 2.39. The summed E-state index contributed by atoms with van der Waals surface area (Å²) in [5.74, 6) is -0.205. The Labute approximate surface area is 126 Å². The lowest BCUT2D eigenvalue weighted by molar-refractivity contribution is -0.114. The molecule has 3 nitrogen and oxygen atoms in total. The molecular weight excluding hydrogens is 248 g/mol. The Morgan fingerprint density at radius 3 is 1.55 bits per heavy atom. The summed E-state index contributed by atoms with van der Waals surface area (Å²) in [5, 5.41) is 0. The fourth-order valence-electron chi connectivity index (χ4n) is 2.56. The summed E-state index contributed by atoms with van der Waals surface area (Å²) in [6.07, 6.45) is 13.0. The molecule has 0 aliphatic heterocycles. The molecule has 0 unspecified atom stereocenters. The Bertz CT molecular complexity index is 258. The number of carbonyl (C=O) groups excluding carboxylic acids is 1. The van der Waals surface area contributed by atoms with Crippen LogP contribution in [0.1, 0.15) is 91.4 Å². The topological polar surface area (TPSA) is 78.1 Å². The number of unbranched alkanes of at least 4 members (excludes halogenated alkanes) is 6. The van der Waals surface area contributed by atoms with Crippen LogP contribution in [0.2, 0.25) is 0 Å². The summed E-state index contributed by atoms with van der Waals surface area (Å²) < 4.78 is 0. The first-order valence-electron chi connectivity index (χ1n) is 8.17. The third-order valence-electron chi connectivity index (χ3n) is 3.74. The summed E-state index contributed by atoms with van der Waals surface area (Å²) >= 11 is 0. The van der Waals surface area contributed by atoms with E-state index in [0.29, 0.717) is 0 Å². The van der Waals surface area contributed by atoms with E-state index in [1.54, 1.807) is 0 Å². The molecule has 1 amide bonds. The molecule has 0 radical (unpaired) electrons. The molecule has 0 aliphatic rings. The van der Waals surface area contributed by atoms with Gasteiger partial charge in [-0.1, -0.05) is 64.9 Å². The van der Waals surface area contributed by atoms with Gasteiger partial charge in [-0.3, -0.25) is 4.79 Å². The lowest BCUT2D eigenvalue weighted by atomic mass is 9.94. The average molecular weight is 284 g/mol. The number of rotatable bonds is 12. The van der Waals surface area contributed by atoms with Gasteiger partial charge in [0.05, 0.1) is 0 Å². The molecule has 0 saturated carbocycles. The van der Waals surface area contributed by atoms with Gasteiger partial charge in [0.2, 0.25) is 5.91 Å². The van der Waals surface area contributed by atoms with Gasteiger partial charge < -0.3 is 11.9 Å². The first-order valence-corrected chi connectivity index (χ1v) is 8.17. The molecule has 0 atom stereocenters. The van der Waals surface area contributed by atoms with E-state index in [2.05, 4.69) is 13.8 Å². The van der Waals surface area contributed by atoms with Crippen molar-refractivity contribution in [2.24, 2.45) is 5.73 Å². The van der Waals surface area contributed by atoms with E-state index in [1.807, 2.05) is 6.92 Å². The van der Waals surface area contributed by atoms with E-state index in [1.165, 1.54) is 56.9 Å². The second-order valence-electron chi connectivity index (χ2n) is 5.42. The summed E-state index contributed by atoms with van der Waals surface area (Å²) in [6, 6.07) is 0. The van der Waals surface area contributed by atoms with Crippen LogP contribution in [-0.2, 0) is 4.79 Å². The highest BCUT2D eigenvalue weighted by Gasteiger charge is 2.10. The predicted octanol–water partition coefficient (Wildman–Crippen LogP) is 5.28. The first-order chi connectivity index (χ1) is 9.17. The third kappa shape index (κ3) is 10.0. The molecule has 0 fully saturated rings. The van der Waals surface area contributed by atoms with Crippen molar-refractivity contribution in [2.75, 3.05) is 0 Å². The SMILES string of the molecule is CCCCCCC(CCCCCC)=C(CC)C(N)=O.N. The number of amides is 1. The Morgan fingerprint density at radius 2 is 1.25 bits per heavy atom. The third-order valence-corrected chi connectivity index (χ3v) is 3.74. The zero-order valence-electron chi connectivity index (χ0n) is 14.0. The van der Waals surface area contributed by atoms with E-state index in [9.17, 15) is 4.79 Å². The van der Waals surface area contributed by atoms with Crippen molar-refractivity contribution in [1.82, 2.24) is 6.15 Å². The minimum absolute atomic E-state index is 0. The minimum Gasteiger partial charge on any atom is -0.366 e. The lowest BCUT2D eigenvalue weighted by Crippen LogP contribution is -2.15. The molecular formula is C17H36N2O. The maximum absolute atomic E-state index is 11.5. The molecule has 0 aromatic heterocycles. The standard InChI is InChI=1S/C17H33NO.H3N/c1-4-7-9-11-13-15(14-12-10-8-5-2)16(6-3)17(18)19;/h4-14H2,1-3H3,(H2,18,19);1H3. The van der Waals surface area contributed by atoms with Crippen LogP contribution in [0.4, 0.5) is 0 Å². The Balaban J connectivity index is 0. The Morgan fingerprint density at radius 1 is 0.800 bits per heavy atom. The largest absolute Gasteiger partial charge is 0.366 e. The van der Waals surface area contributed by atoms with E-state index < -0.39 is 0 Å². The van der Waals surface area contributed by atoms with Gasteiger partial charge in [0.1, 0.15) is 0 Å². The van der Waals surface area contributed by atoms with E-state index in [0.717, 1.165) is 24.8 Å². The zero-order chi connectivity index (χ0) is 14.5. The van der Waals surface area contributed by atoms with Gasteiger partial charge in [0.15, 0.2) is 0 Å². The highest BCUT2D eigenvalue weighted by atomic mass is 16.1. The van der Waals surface area contributed by atoms with Crippen molar-refractivity contribution in [2.45, 2.75) is 91.4 Å². The number of allylic oxidation sites excluding steroid dienone is 1. The molecule has 0 aromatic rings. The molecule has 3 heteroatoms. The van der Waals surface area contributed by atoms with E-state index in [-0.39, 0.29) is 12.1 Å². The van der Waals surface area contributed by atoms with Crippen LogP contribution in [0.25, 0.3) is 0 Å². The normalized spacial score (nSPS) is 9.95. The van der Waals surface area contributed by atoms with Crippen LogP contribution in [0.5, 0.6) is 0 Å². The molecule has 0 rings (SSSR count). The van der Waals surface area contributed by atoms with Gasteiger partial charge in [-0.2, -0.15) is 0 Å². The Kier molecular flexibility index (Phi) is 15.6. The molecule has 0 bridgehead atoms. The molecule has 20 heavy (non-hydrogen) atoms. The van der Waals surface area contributed by atoms with Crippen LogP contribution in [-0.4, -0.2) is 5.91 Å². The highest BCUT2D eigenvalue weighted by molar-refractivity contribution is 5.92. The summed E-state index contributed by atoms with van der Waals surface area (Å²) in [5.41, 5.74) is 7.74. The fraction of sp³-hybridized carbons (Fsp3) is 0.824. The van der Waals surface area contributed by atoms with Crippen molar-refractivity contribution in [1.29, 1.82) is 0 Å². The first kappa shape index (κ1) is 21.5. The molecule has 0 saturated heterocycles. The quantitative estimate of drug-likeness (QED) is 0.377. The van der Waals surface area contributed by atoms with Crippen molar-refractivity contribution in [3.8, 4) is 0 Å². The number of hydrogen-bond acceptors (Lipinski definition) is 2. The summed E-state index contributed by atoms with van der Waals surface area (Å²) in [7, 11) is 0. The van der Waals surface area contributed by atoms with E-state index >= 15 is 0 Å². The number of hydrogen-bond donors (Lipinski definition) is 2. The van der Waals surface area contributed by atoms with Crippen LogP contribution in [0.3, 0.4) is 0 Å². The number of carbonyl (C=O) groups is 1. The maximum atomic E-state index is 11.5. The second-order valence-corrected chi connectivity index (χ2v) is 5.42. The summed E-state index contributed by atoms with van der Waals surface area (Å²) in [4.78, 5) is 11.5. The van der Waals surface area contributed by atoms with E-state index in [4.69, 9.17) is 5.73 Å². The highest BCUT2D eigenvalue weighted by Crippen LogP contribution is 2.22. The van der Waals surface area contributed by atoms with Crippen molar-refractivity contribution in [3.05, 3.63) is 11.1 Å². The minimum atomic E-state index is -0.205. The maximum Gasteiger partial charge on any atom is 0.244 e. The van der Waals surface area contributed by atoms with Crippen molar-refractivity contribution >= 4 is 5.91 Å². The molecule has 120 valence electrons. The molecule has 0 aromatic carbocycles. The van der Waals surface area contributed by atoms with Gasteiger partial charge in [-0.15, -0.1) is 0 Å². The summed E-state index contributed by atoms with van der Waals surface area (Å²) in [6.45, 7) is 6.49.